The van der Waals surface area contributed by atoms with Crippen LogP contribution >= 0.6 is 11.3 Å². The molecule has 1 aliphatic carbocycles. The van der Waals surface area contributed by atoms with E-state index in [9.17, 15) is 9.59 Å². The molecule has 120 valence electrons. The predicted octanol–water partition coefficient (Wildman–Crippen LogP) is 3.51. The average molecular weight is 328 g/mol. The third kappa shape index (κ3) is 3.62. The normalized spacial score (nSPS) is 16.2. The summed E-state index contributed by atoms with van der Waals surface area (Å²) in [6, 6.07) is 10.7. The Balaban J connectivity index is 1.80. The lowest BCUT2D eigenvalue weighted by Crippen LogP contribution is -2.32. The molecule has 0 bridgehead atoms. The number of hydrogen-bond acceptors (Lipinski definition) is 3. The summed E-state index contributed by atoms with van der Waals surface area (Å²) in [5.74, 6) is -0.194. The zero-order chi connectivity index (χ0) is 16.2. The van der Waals surface area contributed by atoms with Gasteiger partial charge in [-0.2, -0.15) is 0 Å². The fourth-order valence-electron chi connectivity index (χ4n) is 3.22. The Bertz CT molecular complexity index is 691. The summed E-state index contributed by atoms with van der Waals surface area (Å²) in [4.78, 5) is 25.1. The molecule has 0 saturated heterocycles. The number of thiophene rings is 1. The van der Waals surface area contributed by atoms with E-state index >= 15 is 0 Å². The highest BCUT2D eigenvalue weighted by Gasteiger charge is 2.28. The van der Waals surface area contributed by atoms with Crippen molar-refractivity contribution in [2.24, 2.45) is 11.7 Å². The van der Waals surface area contributed by atoms with Gasteiger partial charge < -0.3 is 11.1 Å². The summed E-state index contributed by atoms with van der Waals surface area (Å²) < 4.78 is 0. The third-order valence-corrected chi connectivity index (χ3v) is 5.37. The van der Waals surface area contributed by atoms with Gasteiger partial charge in [-0.05, 0) is 48.4 Å². The third-order valence-electron chi connectivity index (χ3n) is 4.42. The van der Waals surface area contributed by atoms with Crippen LogP contribution in [-0.4, -0.2) is 11.8 Å². The number of primary amides is 1. The zero-order valence-corrected chi connectivity index (χ0v) is 13.6. The molecular weight excluding hydrogens is 308 g/mol. The predicted molar refractivity (Wildman–Crippen MR) is 91.4 cm³/mol. The van der Waals surface area contributed by atoms with Crippen LogP contribution in [-0.2, 0) is 0 Å². The Morgan fingerprint density at radius 2 is 1.87 bits per heavy atom. The second-order valence-corrected chi connectivity index (χ2v) is 6.94. The largest absolute Gasteiger partial charge is 0.366 e. The van der Waals surface area contributed by atoms with Gasteiger partial charge in [-0.25, -0.2) is 0 Å². The molecule has 0 unspecified atom stereocenters. The molecule has 1 saturated carbocycles. The molecule has 1 fully saturated rings. The molecule has 0 radical (unpaired) electrons. The van der Waals surface area contributed by atoms with Gasteiger partial charge in [0.2, 0.25) is 5.91 Å². The lowest BCUT2D eigenvalue weighted by atomic mass is 9.96. The first kappa shape index (κ1) is 15.7. The lowest BCUT2D eigenvalue weighted by molar-refractivity contribution is 0.0923. The van der Waals surface area contributed by atoms with Crippen molar-refractivity contribution in [3.05, 3.63) is 57.8 Å². The smallest absolute Gasteiger partial charge is 0.251 e. The second-order valence-electron chi connectivity index (χ2n) is 5.96. The topological polar surface area (TPSA) is 72.2 Å². The Morgan fingerprint density at radius 1 is 1.13 bits per heavy atom. The minimum Gasteiger partial charge on any atom is -0.366 e. The van der Waals surface area contributed by atoms with E-state index < -0.39 is 5.91 Å². The van der Waals surface area contributed by atoms with Crippen molar-refractivity contribution in [2.75, 3.05) is 0 Å². The number of benzene rings is 1. The highest BCUT2D eigenvalue weighted by Crippen LogP contribution is 2.37. The molecule has 3 N–H and O–H groups in total. The van der Waals surface area contributed by atoms with Gasteiger partial charge in [0.05, 0.1) is 6.04 Å². The maximum absolute atomic E-state index is 12.6. The molecule has 1 aliphatic rings. The summed E-state index contributed by atoms with van der Waals surface area (Å²) in [7, 11) is 0. The van der Waals surface area contributed by atoms with Crippen LogP contribution in [0.2, 0.25) is 0 Å². The molecule has 1 atom stereocenters. The zero-order valence-electron chi connectivity index (χ0n) is 12.8. The number of amides is 2. The van der Waals surface area contributed by atoms with Crippen LogP contribution < -0.4 is 11.1 Å². The summed E-state index contributed by atoms with van der Waals surface area (Å²) in [5.41, 5.74) is 6.12. The molecule has 23 heavy (non-hydrogen) atoms. The molecule has 4 nitrogen and oxygen atoms in total. The standard InChI is InChI=1S/C18H20N2O2S/c19-17(21)13-7-3-8-14(11-13)18(22)20-16(12-5-1-2-6-12)15-9-4-10-23-15/h3-4,7-12,16H,1-2,5-6H2,(H2,19,21)(H,20,22)/t16-/m0/s1. The second kappa shape index (κ2) is 6.96. The number of carbonyl (C=O) groups is 2. The highest BCUT2D eigenvalue weighted by atomic mass is 32.1. The van der Waals surface area contributed by atoms with Gasteiger partial charge in [-0.1, -0.05) is 25.0 Å². The SMILES string of the molecule is NC(=O)c1cccc(C(=O)N[C@H](c2cccs2)C2CCCC2)c1. The van der Waals surface area contributed by atoms with E-state index in [1.54, 1.807) is 35.6 Å². The van der Waals surface area contributed by atoms with Crippen LogP contribution in [0.1, 0.15) is 57.3 Å². The van der Waals surface area contributed by atoms with Gasteiger partial charge in [0.15, 0.2) is 0 Å². The van der Waals surface area contributed by atoms with Crippen molar-refractivity contribution in [3.63, 3.8) is 0 Å². The van der Waals surface area contributed by atoms with E-state index in [2.05, 4.69) is 11.4 Å². The first-order valence-corrected chi connectivity index (χ1v) is 8.77. The molecule has 5 heteroatoms. The monoisotopic (exact) mass is 328 g/mol. The van der Waals surface area contributed by atoms with E-state index in [0.717, 1.165) is 12.8 Å². The summed E-state index contributed by atoms with van der Waals surface area (Å²) in [5, 5.41) is 5.20. The Morgan fingerprint density at radius 3 is 2.52 bits per heavy atom. The fraction of sp³-hybridized carbons (Fsp3) is 0.333. The first-order valence-electron chi connectivity index (χ1n) is 7.89. The maximum Gasteiger partial charge on any atom is 0.251 e. The van der Waals surface area contributed by atoms with Crippen molar-refractivity contribution < 1.29 is 9.59 Å². The minimum atomic E-state index is -0.523. The van der Waals surface area contributed by atoms with Gasteiger partial charge >= 0.3 is 0 Å². The van der Waals surface area contributed by atoms with E-state index in [1.807, 2.05) is 11.4 Å². The van der Waals surface area contributed by atoms with Crippen LogP contribution in [0.15, 0.2) is 41.8 Å². The van der Waals surface area contributed by atoms with Crippen LogP contribution in [0.5, 0.6) is 0 Å². The van der Waals surface area contributed by atoms with Gasteiger partial charge in [0, 0.05) is 16.0 Å². The van der Waals surface area contributed by atoms with Gasteiger partial charge in [0.25, 0.3) is 5.91 Å². The fourth-order valence-corrected chi connectivity index (χ4v) is 4.09. The van der Waals surface area contributed by atoms with Crippen molar-refractivity contribution in [1.82, 2.24) is 5.32 Å². The minimum absolute atomic E-state index is 0.0437. The van der Waals surface area contributed by atoms with Crippen LogP contribution in [0.4, 0.5) is 0 Å². The Hall–Kier alpha value is -2.14. The number of carbonyl (C=O) groups excluding carboxylic acids is 2. The average Bonchev–Trinajstić information content (AvgIpc) is 3.26. The summed E-state index contributed by atoms with van der Waals surface area (Å²) in [6.07, 6.45) is 4.73. The van der Waals surface area contributed by atoms with Crippen molar-refractivity contribution >= 4 is 23.2 Å². The van der Waals surface area contributed by atoms with Gasteiger partial charge in [-0.15, -0.1) is 11.3 Å². The highest BCUT2D eigenvalue weighted by molar-refractivity contribution is 7.10. The lowest BCUT2D eigenvalue weighted by Gasteiger charge is -2.24. The molecular formula is C18H20N2O2S. The summed E-state index contributed by atoms with van der Waals surface area (Å²) in [6.45, 7) is 0. The summed E-state index contributed by atoms with van der Waals surface area (Å²) >= 11 is 1.67. The number of nitrogens with one attached hydrogen (secondary N) is 1. The molecule has 2 amide bonds. The van der Waals surface area contributed by atoms with Crippen molar-refractivity contribution in [2.45, 2.75) is 31.7 Å². The van der Waals surface area contributed by atoms with Gasteiger partial charge in [0.1, 0.15) is 0 Å². The van der Waals surface area contributed by atoms with Crippen LogP contribution in [0, 0.1) is 5.92 Å². The number of hydrogen-bond donors (Lipinski definition) is 2. The number of nitrogens with two attached hydrogens (primary N) is 1. The van der Waals surface area contributed by atoms with E-state index in [1.165, 1.54) is 17.7 Å². The molecule has 0 spiro atoms. The Labute approximate surface area is 139 Å². The van der Waals surface area contributed by atoms with Crippen molar-refractivity contribution in [3.8, 4) is 0 Å². The first-order chi connectivity index (χ1) is 11.1. The molecule has 0 aliphatic heterocycles. The van der Waals surface area contributed by atoms with E-state index in [0.29, 0.717) is 17.0 Å². The maximum atomic E-state index is 12.6. The molecule has 3 rings (SSSR count). The molecule has 1 aromatic carbocycles. The van der Waals surface area contributed by atoms with E-state index in [4.69, 9.17) is 5.73 Å². The molecule has 2 aromatic rings. The Kier molecular flexibility index (Phi) is 4.76. The van der Waals surface area contributed by atoms with Crippen LogP contribution in [0.25, 0.3) is 0 Å². The molecule has 1 aromatic heterocycles. The van der Waals surface area contributed by atoms with E-state index in [-0.39, 0.29) is 11.9 Å². The quantitative estimate of drug-likeness (QED) is 0.881. The number of rotatable bonds is 5. The van der Waals surface area contributed by atoms with Crippen molar-refractivity contribution in [1.29, 1.82) is 0 Å². The van der Waals surface area contributed by atoms with Gasteiger partial charge in [-0.3, -0.25) is 9.59 Å². The molecule has 1 heterocycles. The van der Waals surface area contributed by atoms with Crippen LogP contribution in [0.3, 0.4) is 0 Å².